The van der Waals surface area contributed by atoms with Gasteiger partial charge in [-0.05, 0) is 68.3 Å². The molecule has 3 unspecified atom stereocenters. The number of thiophene rings is 1. The molecule has 1 saturated heterocycles. The molecule has 0 bridgehead atoms. The number of carbonyl (C=O) groups is 2. The van der Waals surface area contributed by atoms with Gasteiger partial charge in [-0.25, -0.2) is 23.1 Å². The molecule has 14 heteroatoms. The van der Waals surface area contributed by atoms with Crippen molar-refractivity contribution in [3.05, 3.63) is 95.7 Å². The van der Waals surface area contributed by atoms with Gasteiger partial charge in [-0.2, -0.15) is 0 Å². The minimum Gasteiger partial charge on any atom is -0.382 e. The number of sulfonamides is 1. The maximum atomic E-state index is 14.0. The van der Waals surface area contributed by atoms with Gasteiger partial charge in [0, 0.05) is 17.5 Å². The standard InChI is InChI=1S/C33H37N5O5S4/c1-21-10-8-9-13-23(21)19-35-30(40)29-33(2,3)45-20-38(29)31(41)28(39)25(18-22-11-6-5-7-12-22)37-47(42,43)27-15-14-26(46-27)24-16-17-34-32(36-24)44-4/h5-17,25,28-29,37,39H,18-20H2,1-4H3,(H,35,40). The van der Waals surface area contributed by atoms with E-state index in [-0.39, 0.29) is 22.4 Å². The smallest absolute Gasteiger partial charge is 0.254 e. The summed E-state index contributed by atoms with van der Waals surface area (Å²) in [6.07, 6.45) is 1.75. The third kappa shape index (κ3) is 8.24. The molecule has 3 N–H and O–H groups in total. The van der Waals surface area contributed by atoms with Gasteiger partial charge in [-0.3, -0.25) is 9.59 Å². The SMILES string of the molecule is CSc1nccc(-c2ccc(S(=O)(=O)NC(Cc3ccccc3)C(O)C(=O)N3CSC(C)(C)C3C(=O)NCc3ccccc3C)s2)n1. The van der Waals surface area contributed by atoms with Crippen LogP contribution in [0.4, 0.5) is 0 Å². The number of nitrogens with zero attached hydrogens (tertiary/aromatic N) is 3. The summed E-state index contributed by atoms with van der Waals surface area (Å²) in [5.74, 6) is -0.897. The number of aromatic nitrogens is 2. The molecule has 1 fully saturated rings. The number of hydrogen-bond acceptors (Lipinski definition) is 10. The molecule has 2 amide bonds. The molecule has 47 heavy (non-hydrogen) atoms. The monoisotopic (exact) mass is 711 g/mol. The molecule has 1 aliphatic rings. The van der Waals surface area contributed by atoms with E-state index in [1.54, 1.807) is 42.6 Å². The van der Waals surface area contributed by atoms with E-state index < -0.39 is 38.9 Å². The zero-order valence-electron chi connectivity index (χ0n) is 26.4. The summed E-state index contributed by atoms with van der Waals surface area (Å²) in [6, 6.07) is 19.5. The maximum Gasteiger partial charge on any atom is 0.254 e. The van der Waals surface area contributed by atoms with Gasteiger partial charge in [0.15, 0.2) is 5.16 Å². The number of aryl methyl sites for hydroxylation is 1. The Morgan fingerprint density at radius 2 is 1.81 bits per heavy atom. The highest BCUT2D eigenvalue weighted by Gasteiger charge is 2.50. The van der Waals surface area contributed by atoms with Crippen molar-refractivity contribution in [1.29, 1.82) is 0 Å². The van der Waals surface area contributed by atoms with Crippen molar-refractivity contribution in [3.63, 3.8) is 0 Å². The minimum absolute atomic E-state index is 0.0147. The molecule has 2 aromatic heterocycles. The first-order valence-corrected chi connectivity index (χ1v) is 19.4. The molecule has 10 nitrogen and oxygen atoms in total. The van der Waals surface area contributed by atoms with E-state index >= 15 is 0 Å². The molecule has 1 aliphatic heterocycles. The first-order valence-electron chi connectivity index (χ1n) is 14.9. The predicted molar refractivity (Wildman–Crippen MR) is 188 cm³/mol. The van der Waals surface area contributed by atoms with Crippen LogP contribution in [0, 0.1) is 6.92 Å². The van der Waals surface area contributed by atoms with Gasteiger partial charge in [-0.1, -0.05) is 66.4 Å². The molecule has 0 saturated carbocycles. The van der Waals surface area contributed by atoms with E-state index in [0.29, 0.717) is 22.3 Å². The first-order chi connectivity index (χ1) is 22.4. The fourth-order valence-electron chi connectivity index (χ4n) is 5.36. The lowest BCUT2D eigenvalue weighted by molar-refractivity contribution is -0.147. The normalized spacial score (nSPS) is 17.3. The highest BCUT2D eigenvalue weighted by Crippen LogP contribution is 2.40. The Morgan fingerprint density at radius 3 is 2.53 bits per heavy atom. The molecule has 0 spiro atoms. The van der Waals surface area contributed by atoms with Crippen LogP contribution in [0.5, 0.6) is 0 Å². The third-order valence-corrected chi connectivity index (χ3v) is 13.0. The van der Waals surface area contributed by atoms with E-state index in [9.17, 15) is 23.1 Å². The summed E-state index contributed by atoms with van der Waals surface area (Å²) >= 11 is 3.84. The Kier molecular flexibility index (Phi) is 11.1. The van der Waals surface area contributed by atoms with Gasteiger partial charge in [0.1, 0.15) is 16.4 Å². The maximum absolute atomic E-state index is 14.0. The first kappa shape index (κ1) is 35.0. The Hall–Kier alpha value is -3.27. The highest BCUT2D eigenvalue weighted by atomic mass is 32.2. The number of rotatable bonds is 12. The molecule has 4 aromatic rings. The second kappa shape index (κ2) is 14.9. The average molecular weight is 712 g/mol. The van der Waals surface area contributed by atoms with Crippen LogP contribution in [0.1, 0.15) is 30.5 Å². The summed E-state index contributed by atoms with van der Waals surface area (Å²) in [7, 11) is -4.18. The van der Waals surface area contributed by atoms with Gasteiger partial charge >= 0.3 is 0 Å². The van der Waals surface area contributed by atoms with Crippen molar-refractivity contribution in [2.75, 3.05) is 12.1 Å². The van der Waals surface area contributed by atoms with Crippen LogP contribution < -0.4 is 10.0 Å². The second-order valence-electron chi connectivity index (χ2n) is 11.6. The minimum atomic E-state index is -4.18. The van der Waals surface area contributed by atoms with Gasteiger partial charge in [0.05, 0.1) is 22.5 Å². The molecule has 0 aliphatic carbocycles. The predicted octanol–water partition coefficient (Wildman–Crippen LogP) is 4.48. The average Bonchev–Trinajstić information content (AvgIpc) is 3.69. The van der Waals surface area contributed by atoms with E-state index in [0.717, 1.165) is 28.0 Å². The van der Waals surface area contributed by atoms with Gasteiger partial charge in [0.2, 0.25) is 15.9 Å². The lowest BCUT2D eigenvalue weighted by atomic mass is 9.97. The highest BCUT2D eigenvalue weighted by molar-refractivity contribution is 8.01. The summed E-state index contributed by atoms with van der Waals surface area (Å²) in [4.78, 5) is 38.2. The number of benzene rings is 2. The molecular formula is C33H37N5O5S4. The molecule has 3 atom stereocenters. The molecule has 5 rings (SSSR count). The number of aliphatic hydroxyl groups is 1. The van der Waals surface area contributed by atoms with E-state index in [2.05, 4.69) is 20.0 Å². The summed E-state index contributed by atoms with van der Waals surface area (Å²) in [6.45, 7) is 6.02. The van der Waals surface area contributed by atoms with Crippen LogP contribution >= 0.6 is 34.9 Å². The van der Waals surface area contributed by atoms with Crippen molar-refractivity contribution in [1.82, 2.24) is 24.9 Å². The fourth-order valence-corrected chi connectivity index (χ4v) is 9.39. The number of nitrogens with one attached hydrogen (secondary N) is 2. The van der Waals surface area contributed by atoms with Crippen LogP contribution in [-0.4, -0.2) is 75.3 Å². The van der Waals surface area contributed by atoms with E-state index in [1.165, 1.54) is 34.5 Å². The summed E-state index contributed by atoms with van der Waals surface area (Å²) < 4.78 is 29.4. The molecule has 2 aromatic carbocycles. The lowest BCUT2D eigenvalue weighted by Gasteiger charge is -2.33. The van der Waals surface area contributed by atoms with Crippen molar-refractivity contribution < 1.29 is 23.1 Å². The molecule has 3 heterocycles. The van der Waals surface area contributed by atoms with Gasteiger partial charge in [-0.15, -0.1) is 23.1 Å². The summed E-state index contributed by atoms with van der Waals surface area (Å²) in [5, 5.41) is 15.1. The number of aliphatic hydroxyl groups excluding tert-OH is 1. The molecule has 248 valence electrons. The van der Waals surface area contributed by atoms with E-state index in [4.69, 9.17) is 0 Å². The van der Waals surface area contributed by atoms with Crippen LogP contribution in [0.25, 0.3) is 10.6 Å². The van der Waals surface area contributed by atoms with Crippen molar-refractivity contribution in [3.8, 4) is 10.6 Å². The van der Waals surface area contributed by atoms with Crippen LogP contribution in [0.15, 0.2) is 88.4 Å². The second-order valence-corrected chi connectivity index (χ2v) is 17.0. The Balaban J connectivity index is 1.38. The van der Waals surface area contributed by atoms with Crippen molar-refractivity contribution in [2.45, 2.75) is 66.0 Å². The largest absolute Gasteiger partial charge is 0.382 e. The number of carbonyl (C=O) groups excluding carboxylic acids is 2. The molecular weight excluding hydrogens is 675 g/mol. The van der Waals surface area contributed by atoms with Crippen LogP contribution in [0.3, 0.4) is 0 Å². The zero-order chi connectivity index (χ0) is 33.8. The number of thioether (sulfide) groups is 2. The Morgan fingerprint density at radius 1 is 1.09 bits per heavy atom. The Labute approximate surface area is 287 Å². The quantitative estimate of drug-likeness (QED) is 0.143. The van der Waals surface area contributed by atoms with Crippen molar-refractivity contribution >= 4 is 56.7 Å². The van der Waals surface area contributed by atoms with Gasteiger partial charge in [0.25, 0.3) is 5.91 Å². The topological polar surface area (TPSA) is 142 Å². The van der Waals surface area contributed by atoms with Crippen LogP contribution in [0.2, 0.25) is 0 Å². The van der Waals surface area contributed by atoms with Crippen LogP contribution in [-0.2, 0) is 32.6 Å². The zero-order valence-corrected chi connectivity index (χ0v) is 29.7. The molecule has 0 radical (unpaired) electrons. The fraction of sp³-hybridized carbons (Fsp3) is 0.333. The van der Waals surface area contributed by atoms with E-state index in [1.807, 2.05) is 57.4 Å². The number of amides is 2. The van der Waals surface area contributed by atoms with Crippen molar-refractivity contribution in [2.24, 2.45) is 0 Å². The summed E-state index contributed by atoms with van der Waals surface area (Å²) in [5.41, 5.74) is 3.31. The number of hydrogen-bond donors (Lipinski definition) is 3. The Bertz CT molecular complexity index is 1830. The lowest BCUT2D eigenvalue weighted by Crippen LogP contribution is -2.58. The van der Waals surface area contributed by atoms with Gasteiger partial charge < -0.3 is 15.3 Å². The third-order valence-electron chi connectivity index (χ3n) is 7.95.